The van der Waals surface area contributed by atoms with Crippen LogP contribution in [0.1, 0.15) is 28.2 Å². The Morgan fingerprint density at radius 1 is 1.12 bits per heavy atom. The van der Waals surface area contributed by atoms with Crippen LogP contribution in [0.2, 0.25) is 0 Å². The number of thiophene rings is 1. The van der Waals surface area contributed by atoms with E-state index in [0.29, 0.717) is 13.0 Å². The van der Waals surface area contributed by atoms with Crippen molar-refractivity contribution in [3.63, 3.8) is 0 Å². The lowest BCUT2D eigenvalue weighted by Gasteiger charge is -2.10. The Kier molecular flexibility index (Phi) is 5.16. The van der Waals surface area contributed by atoms with Crippen molar-refractivity contribution >= 4 is 17.2 Å². The smallest absolute Gasteiger partial charge is 0.220 e. The molecule has 1 aromatic carbocycles. The zero-order chi connectivity index (χ0) is 16.9. The van der Waals surface area contributed by atoms with Crippen molar-refractivity contribution in [1.29, 1.82) is 0 Å². The van der Waals surface area contributed by atoms with E-state index in [-0.39, 0.29) is 5.91 Å². The first-order chi connectivity index (χ1) is 11.6. The van der Waals surface area contributed by atoms with Gasteiger partial charge in [-0.2, -0.15) is 0 Å². The number of benzene rings is 1. The van der Waals surface area contributed by atoms with E-state index in [1.54, 1.807) is 11.3 Å². The van der Waals surface area contributed by atoms with Crippen molar-refractivity contribution in [2.75, 3.05) is 0 Å². The molecule has 0 saturated heterocycles. The van der Waals surface area contributed by atoms with Crippen LogP contribution in [0.4, 0.5) is 0 Å². The fourth-order valence-corrected chi connectivity index (χ4v) is 3.67. The van der Waals surface area contributed by atoms with Crippen LogP contribution in [-0.2, 0) is 17.8 Å². The quantitative estimate of drug-likeness (QED) is 0.710. The standard InChI is InChI=1S/C20H22N2OS/c1-15-13-17(16(2)22(15)18-7-4-3-5-8-18)14-21-20(23)11-10-19-9-6-12-24-19/h3-9,12-13H,10-11,14H2,1-2H3,(H,21,23). The van der Waals surface area contributed by atoms with Crippen LogP contribution < -0.4 is 5.32 Å². The summed E-state index contributed by atoms with van der Waals surface area (Å²) < 4.78 is 2.23. The van der Waals surface area contributed by atoms with Crippen molar-refractivity contribution in [3.05, 3.63) is 75.7 Å². The second-order valence-corrected chi connectivity index (χ2v) is 6.96. The number of hydrogen-bond donors (Lipinski definition) is 1. The van der Waals surface area contributed by atoms with Gasteiger partial charge in [-0.1, -0.05) is 24.3 Å². The molecule has 0 atom stereocenters. The van der Waals surface area contributed by atoms with Crippen molar-refractivity contribution in [2.24, 2.45) is 0 Å². The number of hydrogen-bond acceptors (Lipinski definition) is 2. The topological polar surface area (TPSA) is 34.0 Å². The molecule has 3 nitrogen and oxygen atoms in total. The van der Waals surface area contributed by atoms with E-state index in [2.05, 4.69) is 48.0 Å². The summed E-state index contributed by atoms with van der Waals surface area (Å²) in [5, 5.41) is 5.09. The number of amides is 1. The lowest BCUT2D eigenvalue weighted by atomic mass is 10.2. The summed E-state index contributed by atoms with van der Waals surface area (Å²) in [6, 6.07) is 16.6. The molecule has 124 valence electrons. The van der Waals surface area contributed by atoms with Gasteiger partial charge in [-0.3, -0.25) is 4.79 Å². The molecular formula is C20H22N2OS. The summed E-state index contributed by atoms with van der Waals surface area (Å²) in [5.74, 6) is 0.105. The molecule has 0 radical (unpaired) electrons. The summed E-state index contributed by atoms with van der Waals surface area (Å²) in [6.07, 6.45) is 1.35. The Labute approximate surface area is 147 Å². The maximum Gasteiger partial charge on any atom is 0.220 e. The van der Waals surface area contributed by atoms with Gasteiger partial charge in [0.15, 0.2) is 0 Å². The SMILES string of the molecule is Cc1cc(CNC(=O)CCc2cccs2)c(C)n1-c1ccccc1. The molecule has 0 fully saturated rings. The zero-order valence-corrected chi connectivity index (χ0v) is 14.9. The minimum atomic E-state index is 0.105. The Balaban J connectivity index is 1.62. The monoisotopic (exact) mass is 338 g/mol. The second-order valence-electron chi connectivity index (χ2n) is 5.92. The first-order valence-corrected chi connectivity index (χ1v) is 9.05. The first kappa shape index (κ1) is 16.5. The number of nitrogens with zero attached hydrogens (tertiary/aromatic N) is 1. The Bertz CT molecular complexity index is 804. The van der Waals surface area contributed by atoms with Gasteiger partial charge in [-0.05, 0) is 55.5 Å². The zero-order valence-electron chi connectivity index (χ0n) is 14.1. The fourth-order valence-electron chi connectivity index (χ4n) is 2.96. The van der Waals surface area contributed by atoms with Gasteiger partial charge in [0.1, 0.15) is 0 Å². The van der Waals surface area contributed by atoms with Crippen LogP contribution in [0, 0.1) is 13.8 Å². The highest BCUT2D eigenvalue weighted by atomic mass is 32.1. The Morgan fingerprint density at radius 3 is 2.62 bits per heavy atom. The van der Waals surface area contributed by atoms with E-state index in [4.69, 9.17) is 0 Å². The van der Waals surface area contributed by atoms with Gasteiger partial charge in [-0.15, -0.1) is 11.3 Å². The number of carbonyl (C=O) groups is 1. The number of carbonyl (C=O) groups excluding carboxylic acids is 1. The lowest BCUT2D eigenvalue weighted by molar-refractivity contribution is -0.121. The summed E-state index contributed by atoms with van der Waals surface area (Å²) in [6.45, 7) is 4.78. The third-order valence-electron chi connectivity index (χ3n) is 4.20. The van der Waals surface area contributed by atoms with Crippen LogP contribution >= 0.6 is 11.3 Å². The fraction of sp³-hybridized carbons (Fsp3) is 0.250. The average Bonchev–Trinajstić information content (AvgIpc) is 3.20. The molecule has 4 heteroatoms. The third kappa shape index (κ3) is 3.77. The van der Waals surface area contributed by atoms with Gasteiger partial charge in [-0.25, -0.2) is 0 Å². The maximum absolute atomic E-state index is 12.1. The van der Waals surface area contributed by atoms with Gasteiger partial charge >= 0.3 is 0 Å². The molecule has 1 amide bonds. The molecule has 0 bridgehead atoms. The van der Waals surface area contributed by atoms with Gasteiger partial charge in [0.2, 0.25) is 5.91 Å². The van der Waals surface area contributed by atoms with Crippen molar-refractivity contribution in [2.45, 2.75) is 33.2 Å². The largest absolute Gasteiger partial charge is 0.352 e. The predicted octanol–water partition coefficient (Wildman–Crippen LogP) is 4.40. The number of para-hydroxylation sites is 1. The van der Waals surface area contributed by atoms with Crippen LogP contribution in [-0.4, -0.2) is 10.5 Å². The van der Waals surface area contributed by atoms with Crippen LogP contribution in [0.3, 0.4) is 0 Å². The van der Waals surface area contributed by atoms with E-state index in [1.807, 2.05) is 29.6 Å². The molecule has 0 spiro atoms. The van der Waals surface area contributed by atoms with E-state index in [1.165, 1.54) is 21.8 Å². The summed E-state index contributed by atoms with van der Waals surface area (Å²) in [7, 11) is 0. The first-order valence-electron chi connectivity index (χ1n) is 8.17. The van der Waals surface area contributed by atoms with Crippen molar-refractivity contribution < 1.29 is 4.79 Å². The highest BCUT2D eigenvalue weighted by molar-refractivity contribution is 7.09. The molecule has 2 aromatic heterocycles. The molecule has 0 saturated carbocycles. The van der Waals surface area contributed by atoms with Crippen molar-refractivity contribution in [1.82, 2.24) is 9.88 Å². The number of rotatable bonds is 6. The molecule has 24 heavy (non-hydrogen) atoms. The molecule has 1 N–H and O–H groups in total. The molecular weight excluding hydrogens is 316 g/mol. The predicted molar refractivity (Wildman–Crippen MR) is 99.7 cm³/mol. The number of aromatic nitrogens is 1. The van der Waals surface area contributed by atoms with Crippen LogP contribution in [0.15, 0.2) is 53.9 Å². The summed E-state index contributed by atoms with van der Waals surface area (Å²) in [5.41, 5.74) is 4.68. The summed E-state index contributed by atoms with van der Waals surface area (Å²) >= 11 is 1.70. The Morgan fingerprint density at radius 2 is 1.92 bits per heavy atom. The highest BCUT2D eigenvalue weighted by Gasteiger charge is 2.11. The van der Waals surface area contributed by atoms with Gasteiger partial charge in [0.25, 0.3) is 0 Å². The third-order valence-corrected chi connectivity index (χ3v) is 5.14. The molecule has 3 rings (SSSR count). The highest BCUT2D eigenvalue weighted by Crippen LogP contribution is 2.20. The molecule has 0 unspecified atom stereocenters. The molecule has 0 aliphatic carbocycles. The van der Waals surface area contributed by atoms with Crippen LogP contribution in [0.25, 0.3) is 5.69 Å². The average molecular weight is 338 g/mol. The lowest BCUT2D eigenvalue weighted by Crippen LogP contribution is -2.23. The minimum Gasteiger partial charge on any atom is -0.352 e. The van der Waals surface area contributed by atoms with E-state index in [0.717, 1.165) is 12.1 Å². The van der Waals surface area contributed by atoms with Gasteiger partial charge in [0.05, 0.1) is 0 Å². The second kappa shape index (κ2) is 7.49. The van der Waals surface area contributed by atoms with Crippen molar-refractivity contribution in [3.8, 4) is 5.69 Å². The maximum atomic E-state index is 12.1. The molecule has 0 aliphatic rings. The number of nitrogens with one attached hydrogen (secondary N) is 1. The number of aryl methyl sites for hydroxylation is 2. The Hall–Kier alpha value is -2.33. The van der Waals surface area contributed by atoms with Crippen LogP contribution in [0.5, 0.6) is 0 Å². The molecule has 3 aromatic rings. The minimum absolute atomic E-state index is 0.105. The van der Waals surface area contributed by atoms with E-state index < -0.39 is 0 Å². The molecule has 2 heterocycles. The van der Waals surface area contributed by atoms with E-state index >= 15 is 0 Å². The summed E-state index contributed by atoms with van der Waals surface area (Å²) in [4.78, 5) is 13.3. The van der Waals surface area contributed by atoms with Gasteiger partial charge in [0, 0.05) is 34.9 Å². The molecule has 0 aliphatic heterocycles. The van der Waals surface area contributed by atoms with E-state index in [9.17, 15) is 4.79 Å². The van der Waals surface area contributed by atoms with Gasteiger partial charge < -0.3 is 9.88 Å². The normalized spacial score (nSPS) is 10.8.